The maximum absolute atomic E-state index is 12.1. The van der Waals surface area contributed by atoms with E-state index in [0.717, 1.165) is 39.0 Å². The Hall–Kier alpha value is -0.130. The molecule has 0 aromatic carbocycles. The van der Waals surface area contributed by atoms with Gasteiger partial charge in [0.15, 0.2) is 0 Å². The second-order valence-electron chi connectivity index (χ2n) is 6.00. The highest BCUT2D eigenvalue weighted by molar-refractivity contribution is 7.89. The quantitative estimate of drug-likeness (QED) is 0.825. The molecule has 0 aromatic heterocycles. The lowest BCUT2D eigenvalue weighted by atomic mass is 9.78. The number of rotatable bonds is 3. The van der Waals surface area contributed by atoms with Gasteiger partial charge in [0.25, 0.3) is 0 Å². The fourth-order valence-corrected chi connectivity index (χ4v) is 4.78. The lowest BCUT2D eigenvalue weighted by molar-refractivity contribution is 0.175. The topological polar surface area (TPSA) is 49.4 Å². The van der Waals surface area contributed by atoms with Gasteiger partial charge in [-0.1, -0.05) is 13.8 Å². The summed E-state index contributed by atoms with van der Waals surface area (Å²) in [5.74, 6) is 0.502. The van der Waals surface area contributed by atoms with Crippen LogP contribution in [0.4, 0.5) is 0 Å². The SMILES string of the molecule is CC(C)CS(=O)(=O)N1CCC2(CCNC2)CC1. The van der Waals surface area contributed by atoms with E-state index in [2.05, 4.69) is 5.32 Å². The third-order valence-corrected chi connectivity index (χ3v) is 6.29. The molecule has 2 rings (SSSR count). The van der Waals surface area contributed by atoms with Crippen LogP contribution < -0.4 is 5.32 Å². The van der Waals surface area contributed by atoms with Crippen molar-refractivity contribution in [1.29, 1.82) is 0 Å². The summed E-state index contributed by atoms with van der Waals surface area (Å²) in [5, 5.41) is 3.40. The summed E-state index contributed by atoms with van der Waals surface area (Å²) in [7, 11) is -3.02. The maximum Gasteiger partial charge on any atom is 0.214 e. The van der Waals surface area contributed by atoms with Gasteiger partial charge in [0.2, 0.25) is 10.0 Å². The Morgan fingerprint density at radius 1 is 1.24 bits per heavy atom. The van der Waals surface area contributed by atoms with E-state index in [9.17, 15) is 8.42 Å². The minimum Gasteiger partial charge on any atom is -0.316 e. The van der Waals surface area contributed by atoms with Crippen LogP contribution in [0.5, 0.6) is 0 Å². The van der Waals surface area contributed by atoms with Crippen LogP contribution in [0.1, 0.15) is 33.1 Å². The molecule has 4 nitrogen and oxygen atoms in total. The Morgan fingerprint density at radius 2 is 1.88 bits per heavy atom. The molecule has 2 saturated heterocycles. The van der Waals surface area contributed by atoms with Gasteiger partial charge in [0.1, 0.15) is 0 Å². The van der Waals surface area contributed by atoms with E-state index in [1.807, 2.05) is 13.8 Å². The van der Waals surface area contributed by atoms with E-state index in [0.29, 0.717) is 5.41 Å². The number of hydrogen-bond acceptors (Lipinski definition) is 3. The van der Waals surface area contributed by atoms with Crippen molar-refractivity contribution < 1.29 is 8.42 Å². The molecule has 2 aliphatic heterocycles. The Morgan fingerprint density at radius 3 is 2.35 bits per heavy atom. The summed E-state index contributed by atoms with van der Waals surface area (Å²) in [5.41, 5.74) is 0.393. The van der Waals surface area contributed by atoms with Crippen molar-refractivity contribution >= 4 is 10.0 Å². The molecule has 0 unspecified atom stereocenters. The molecule has 2 fully saturated rings. The molecule has 2 aliphatic rings. The minimum absolute atomic E-state index is 0.212. The molecule has 2 heterocycles. The van der Waals surface area contributed by atoms with Crippen LogP contribution in [0.3, 0.4) is 0 Å². The second kappa shape index (κ2) is 4.86. The summed E-state index contributed by atoms with van der Waals surface area (Å²) in [6.07, 6.45) is 3.26. The third kappa shape index (κ3) is 3.01. The highest BCUT2D eigenvalue weighted by atomic mass is 32.2. The zero-order valence-electron chi connectivity index (χ0n) is 10.9. The molecule has 0 saturated carbocycles. The number of piperidine rings is 1. The lowest BCUT2D eigenvalue weighted by Gasteiger charge is -2.38. The molecule has 1 N–H and O–H groups in total. The molecule has 17 heavy (non-hydrogen) atoms. The summed E-state index contributed by atoms with van der Waals surface area (Å²) >= 11 is 0. The van der Waals surface area contributed by atoms with E-state index in [-0.39, 0.29) is 11.7 Å². The van der Waals surface area contributed by atoms with Crippen molar-refractivity contribution in [3.05, 3.63) is 0 Å². The van der Waals surface area contributed by atoms with Crippen molar-refractivity contribution in [3.8, 4) is 0 Å². The fraction of sp³-hybridized carbons (Fsp3) is 1.00. The largest absolute Gasteiger partial charge is 0.316 e. The van der Waals surface area contributed by atoms with Crippen LogP contribution in [-0.4, -0.2) is 44.7 Å². The average molecular weight is 260 g/mol. The van der Waals surface area contributed by atoms with Crippen LogP contribution >= 0.6 is 0 Å². The van der Waals surface area contributed by atoms with Crippen LogP contribution in [0, 0.1) is 11.3 Å². The molecule has 0 bridgehead atoms. The number of nitrogens with zero attached hydrogens (tertiary/aromatic N) is 1. The highest BCUT2D eigenvalue weighted by Crippen LogP contribution is 2.37. The number of sulfonamides is 1. The van der Waals surface area contributed by atoms with Gasteiger partial charge in [-0.15, -0.1) is 0 Å². The molecular formula is C12H24N2O2S. The molecule has 0 radical (unpaired) electrons. The van der Waals surface area contributed by atoms with E-state index >= 15 is 0 Å². The number of hydrogen-bond donors (Lipinski definition) is 1. The second-order valence-corrected chi connectivity index (χ2v) is 8.01. The zero-order chi connectivity index (χ0) is 12.5. The van der Waals surface area contributed by atoms with Gasteiger partial charge < -0.3 is 5.32 Å². The van der Waals surface area contributed by atoms with E-state index in [1.165, 1.54) is 6.42 Å². The molecule has 0 atom stereocenters. The van der Waals surface area contributed by atoms with Crippen molar-refractivity contribution in [1.82, 2.24) is 9.62 Å². The van der Waals surface area contributed by atoms with Gasteiger partial charge >= 0.3 is 0 Å². The predicted molar refractivity (Wildman–Crippen MR) is 69.4 cm³/mol. The maximum atomic E-state index is 12.1. The summed E-state index contributed by atoms with van der Waals surface area (Å²) in [6, 6.07) is 0. The van der Waals surface area contributed by atoms with Gasteiger partial charge in [-0.05, 0) is 37.1 Å². The first-order chi connectivity index (χ1) is 7.94. The molecular weight excluding hydrogens is 236 g/mol. The Labute approximate surface area is 105 Å². The summed E-state index contributed by atoms with van der Waals surface area (Å²) in [6.45, 7) is 7.53. The molecule has 0 aromatic rings. The van der Waals surface area contributed by atoms with Crippen molar-refractivity contribution in [2.45, 2.75) is 33.1 Å². The van der Waals surface area contributed by atoms with Gasteiger partial charge in [-0.2, -0.15) is 0 Å². The van der Waals surface area contributed by atoms with Gasteiger partial charge in [-0.25, -0.2) is 12.7 Å². The molecule has 100 valence electrons. The minimum atomic E-state index is -3.02. The van der Waals surface area contributed by atoms with Crippen LogP contribution in [0.2, 0.25) is 0 Å². The normalized spacial score (nSPS) is 25.8. The van der Waals surface area contributed by atoms with E-state index in [4.69, 9.17) is 0 Å². The first-order valence-corrected chi connectivity index (χ1v) is 8.23. The molecule has 0 aliphatic carbocycles. The molecule has 1 spiro atoms. The van der Waals surface area contributed by atoms with Crippen molar-refractivity contribution in [2.24, 2.45) is 11.3 Å². The van der Waals surface area contributed by atoms with Crippen molar-refractivity contribution in [2.75, 3.05) is 31.9 Å². The van der Waals surface area contributed by atoms with Crippen molar-refractivity contribution in [3.63, 3.8) is 0 Å². The summed E-state index contributed by atoms with van der Waals surface area (Å²) in [4.78, 5) is 0. The zero-order valence-corrected chi connectivity index (χ0v) is 11.7. The summed E-state index contributed by atoms with van der Waals surface area (Å²) < 4.78 is 25.9. The van der Waals surface area contributed by atoms with Crippen LogP contribution in [0.15, 0.2) is 0 Å². The van der Waals surface area contributed by atoms with Gasteiger partial charge in [0, 0.05) is 19.6 Å². The van der Waals surface area contributed by atoms with Gasteiger partial charge in [0.05, 0.1) is 5.75 Å². The highest BCUT2D eigenvalue weighted by Gasteiger charge is 2.39. The Balaban J connectivity index is 1.94. The van der Waals surface area contributed by atoms with E-state index in [1.54, 1.807) is 4.31 Å². The predicted octanol–water partition coefficient (Wildman–Crippen LogP) is 1.05. The number of nitrogens with one attached hydrogen (secondary N) is 1. The third-order valence-electron chi connectivity index (χ3n) is 4.05. The average Bonchev–Trinajstić information content (AvgIpc) is 2.65. The Bertz CT molecular complexity index is 349. The van der Waals surface area contributed by atoms with Gasteiger partial charge in [-0.3, -0.25) is 0 Å². The molecule has 5 heteroatoms. The smallest absolute Gasteiger partial charge is 0.214 e. The Kier molecular flexibility index (Phi) is 3.80. The van der Waals surface area contributed by atoms with Crippen LogP contribution in [0.25, 0.3) is 0 Å². The lowest BCUT2D eigenvalue weighted by Crippen LogP contribution is -2.45. The fourth-order valence-electron chi connectivity index (χ4n) is 2.99. The van der Waals surface area contributed by atoms with E-state index < -0.39 is 10.0 Å². The standard InChI is InChI=1S/C12H24N2O2S/c1-11(2)9-17(15,16)14-7-4-12(5-8-14)3-6-13-10-12/h11,13H,3-10H2,1-2H3. The van der Waals surface area contributed by atoms with Crippen LogP contribution in [-0.2, 0) is 10.0 Å². The first kappa shape index (κ1) is 13.3. The molecule has 0 amide bonds. The first-order valence-electron chi connectivity index (χ1n) is 6.62. The monoisotopic (exact) mass is 260 g/mol.